The average Bonchev–Trinajstić information content (AvgIpc) is 3.23. The Balaban J connectivity index is 1.70. The van der Waals surface area contributed by atoms with Crippen LogP contribution in [0.15, 0.2) is 48.7 Å². The lowest BCUT2D eigenvalue weighted by Gasteiger charge is -2.17. The molecule has 166 valence electrons. The fourth-order valence-corrected chi connectivity index (χ4v) is 3.48. The number of hydrogen-bond donors (Lipinski definition) is 2. The van der Waals surface area contributed by atoms with Crippen molar-refractivity contribution in [3.63, 3.8) is 0 Å². The fourth-order valence-electron chi connectivity index (χ4n) is 3.48. The van der Waals surface area contributed by atoms with Gasteiger partial charge in [-0.2, -0.15) is 5.26 Å². The highest BCUT2D eigenvalue weighted by molar-refractivity contribution is 5.74. The zero-order valence-electron chi connectivity index (χ0n) is 18.4. The first kappa shape index (κ1) is 22.0. The third-order valence-corrected chi connectivity index (χ3v) is 5.29. The minimum Gasteiger partial charge on any atom is -0.384 e. The van der Waals surface area contributed by atoms with Crippen LogP contribution in [0.2, 0.25) is 0 Å². The summed E-state index contributed by atoms with van der Waals surface area (Å²) < 4.78 is 16.4. The Hall–Kier alpha value is -4.16. The molecule has 0 bridgehead atoms. The molecule has 0 fully saturated rings. The molecule has 8 nitrogen and oxygen atoms in total. The molecular weight excluding hydrogens is 421 g/mol. The van der Waals surface area contributed by atoms with Gasteiger partial charge in [0.2, 0.25) is 0 Å². The van der Waals surface area contributed by atoms with Gasteiger partial charge in [0.1, 0.15) is 11.3 Å². The van der Waals surface area contributed by atoms with Crippen LogP contribution in [-0.4, -0.2) is 30.1 Å². The maximum absolute atomic E-state index is 14.9. The second-order valence-corrected chi connectivity index (χ2v) is 8.22. The van der Waals surface area contributed by atoms with Gasteiger partial charge in [-0.05, 0) is 50.6 Å². The molecule has 0 aliphatic heterocycles. The highest BCUT2D eigenvalue weighted by Crippen LogP contribution is 2.31. The van der Waals surface area contributed by atoms with Crippen molar-refractivity contribution in [2.75, 3.05) is 5.73 Å². The molecule has 0 saturated carbocycles. The standard InChI is InChI=1S/C24H22FN7O/c1-14-15(11-26)6-4-8-17(14)19-10-18(22(25)23(27)29-19)20-13-32(31-30-20)12-16-7-5-9-21(28-16)24(2,3)33/h4-10,13,33H,12H2,1-3H3,(H2,27,29). The quantitative estimate of drug-likeness (QED) is 0.483. The van der Waals surface area contributed by atoms with Crippen LogP contribution < -0.4 is 5.73 Å². The van der Waals surface area contributed by atoms with Crippen molar-refractivity contribution in [2.24, 2.45) is 0 Å². The first-order chi connectivity index (χ1) is 15.7. The van der Waals surface area contributed by atoms with E-state index in [4.69, 9.17) is 5.73 Å². The second kappa shape index (κ2) is 8.41. The van der Waals surface area contributed by atoms with Crippen LogP contribution in [-0.2, 0) is 12.1 Å². The molecule has 0 unspecified atom stereocenters. The van der Waals surface area contributed by atoms with Crippen molar-refractivity contribution >= 4 is 5.82 Å². The average molecular weight is 443 g/mol. The van der Waals surface area contributed by atoms with Crippen LogP contribution in [0.5, 0.6) is 0 Å². The van der Waals surface area contributed by atoms with E-state index in [2.05, 4.69) is 26.3 Å². The summed E-state index contributed by atoms with van der Waals surface area (Å²) in [6, 6.07) is 14.3. The van der Waals surface area contributed by atoms with Gasteiger partial charge in [0.15, 0.2) is 11.6 Å². The van der Waals surface area contributed by atoms with Crippen molar-refractivity contribution in [3.05, 3.63) is 77.0 Å². The van der Waals surface area contributed by atoms with Gasteiger partial charge in [-0.25, -0.2) is 14.1 Å². The molecule has 0 aliphatic carbocycles. The van der Waals surface area contributed by atoms with E-state index in [1.807, 2.05) is 6.07 Å². The van der Waals surface area contributed by atoms with E-state index in [-0.39, 0.29) is 23.6 Å². The number of pyridine rings is 2. The van der Waals surface area contributed by atoms with Gasteiger partial charge < -0.3 is 10.8 Å². The molecule has 3 aromatic heterocycles. The predicted molar refractivity (Wildman–Crippen MR) is 121 cm³/mol. The third-order valence-electron chi connectivity index (χ3n) is 5.29. The van der Waals surface area contributed by atoms with E-state index in [1.54, 1.807) is 63.4 Å². The number of aliphatic hydroxyl groups is 1. The lowest BCUT2D eigenvalue weighted by atomic mass is 9.99. The van der Waals surface area contributed by atoms with E-state index < -0.39 is 11.4 Å². The molecule has 1 aromatic carbocycles. The summed E-state index contributed by atoms with van der Waals surface area (Å²) in [6.45, 7) is 5.42. The zero-order chi connectivity index (χ0) is 23.8. The van der Waals surface area contributed by atoms with Crippen molar-refractivity contribution in [1.29, 1.82) is 5.26 Å². The molecule has 33 heavy (non-hydrogen) atoms. The topological polar surface area (TPSA) is 127 Å². The van der Waals surface area contributed by atoms with Crippen LogP contribution in [0.1, 0.15) is 36.4 Å². The van der Waals surface area contributed by atoms with Crippen LogP contribution in [0.25, 0.3) is 22.5 Å². The Labute approximate surface area is 190 Å². The highest BCUT2D eigenvalue weighted by atomic mass is 19.1. The van der Waals surface area contributed by atoms with Gasteiger partial charge in [0.25, 0.3) is 0 Å². The van der Waals surface area contributed by atoms with E-state index in [0.29, 0.717) is 28.2 Å². The number of halogens is 1. The number of benzene rings is 1. The number of aromatic nitrogens is 5. The zero-order valence-corrected chi connectivity index (χ0v) is 18.4. The molecule has 9 heteroatoms. The molecule has 0 saturated heterocycles. The summed E-state index contributed by atoms with van der Waals surface area (Å²) in [5.41, 5.74) is 8.80. The van der Waals surface area contributed by atoms with E-state index in [0.717, 1.165) is 5.56 Å². The van der Waals surface area contributed by atoms with Crippen LogP contribution in [0, 0.1) is 24.1 Å². The summed E-state index contributed by atoms with van der Waals surface area (Å²) in [5.74, 6) is -0.958. The number of rotatable bonds is 5. The number of nitrogens with two attached hydrogens (primary N) is 1. The van der Waals surface area contributed by atoms with Crippen molar-refractivity contribution < 1.29 is 9.50 Å². The van der Waals surface area contributed by atoms with Gasteiger partial charge in [-0.3, -0.25) is 4.98 Å². The van der Waals surface area contributed by atoms with Crippen molar-refractivity contribution in [3.8, 4) is 28.6 Å². The Morgan fingerprint density at radius 1 is 1.12 bits per heavy atom. The third kappa shape index (κ3) is 4.42. The molecule has 0 aliphatic rings. The number of anilines is 1. The summed E-state index contributed by atoms with van der Waals surface area (Å²) in [4.78, 5) is 8.64. The Bertz CT molecular complexity index is 1380. The maximum Gasteiger partial charge on any atom is 0.174 e. The maximum atomic E-state index is 14.9. The lowest BCUT2D eigenvalue weighted by molar-refractivity contribution is 0.0736. The van der Waals surface area contributed by atoms with Gasteiger partial charge in [0, 0.05) is 11.1 Å². The molecule has 0 atom stereocenters. The smallest absolute Gasteiger partial charge is 0.174 e. The van der Waals surface area contributed by atoms with E-state index >= 15 is 0 Å². The molecule has 3 N–H and O–H groups in total. The van der Waals surface area contributed by atoms with Gasteiger partial charge in [0.05, 0.1) is 41.5 Å². The van der Waals surface area contributed by atoms with Gasteiger partial charge in [-0.15, -0.1) is 5.10 Å². The minimum absolute atomic E-state index is 0.156. The van der Waals surface area contributed by atoms with Crippen LogP contribution in [0.4, 0.5) is 10.2 Å². The minimum atomic E-state index is -1.07. The van der Waals surface area contributed by atoms with E-state index in [9.17, 15) is 14.8 Å². The largest absolute Gasteiger partial charge is 0.384 e. The normalized spacial score (nSPS) is 11.4. The highest BCUT2D eigenvalue weighted by Gasteiger charge is 2.19. The first-order valence-corrected chi connectivity index (χ1v) is 10.2. The first-order valence-electron chi connectivity index (χ1n) is 10.2. The lowest BCUT2D eigenvalue weighted by Crippen LogP contribution is -2.18. The number of hydrogen-bond acceptors (Lipinski definition) is 7. The Morgan fingerprint density at radius 2 is 1.88 bits per heavy atom. The SMILES string of the molecule is Cc1c(C#N)cccc1-c1cc(-c2cn(Cc3cccc(C(C)(C)O)n3)nn2)c(F)c(N)n1. The number of nitrogen functional groups attached to an aromatic ring is 1. The number of nitriles is 1. The van der Waals surface area contributed by atoms with E-state index in [1.165, 1.54) is 4.68 Å². The van der Waals surface area contributed by atoms with Crippen LogP contribution in [0.3, 0.4) is 0 Å². The summed E-state index contributed by atoms with van der Waals surface area (Å²) in [6.07, 6.45) is 1.60. The van der Waals surface area contributed by atoms with Crippen molar-refractivity contribution in [1.82, 2.24) is 25.0 Å². The molecule has 0 amide bonds. The monoisotopic (exact) mass is 443 g/mol. The molecule has 0 radical (unpaired) electrons. The van der Waals surface area contributed by atoms with Crippen LogP contribution >= 0.6 is 0 Å². The molecule has 0 spiro atoms. The molecular formula is C24H22FN7O. The summed E-state index contributed by atoms with van der Waals surface area (Å²) in [5, 5.41) is 27.7. The Morgan fingerprint density at radius 3 is 2.61 bits per heavy atom. The molecule has 4 rings (SSSR count). The predicted octanol–water partition coefficient (Wildman–Crippen LogP) is 3.58. The molecule has 4 aromatic rings. The fraction of sp³-hybridized carbons (Fsp3) is 0.208. The van der Waals surface area contributed by atoms with Gasteiger partial charge in [-0.1, -0.05) is 23.4 Å². The second-order valence-electron chi connectivity index (χ2n) is 8.22. The van der Waals surface area contributed by atoms with Gasteiger partial charge >= 0.3 is 0 Å². The van der Waals surface area contributed by atoms with Crippen molar-refractivity contribution in [2.45, 2.75) is 32.9 Å². The summed E-state index contributed by atoms with van der Waals surface area (Å²) >= 11 is 0. The Kier molecular flexibility index (Phi) is 5.62. The number of nitrogens with zero attached hydrogens (tertiary/aromatic N) is 6. The summed E-state index contributed by atoms with van der Waals surface area (Å²) in [7, 11) is 0. The molecule has 3 heterocycles.